The van der Waals surface area contributed by atoms with E-state index in [4.69, 9.17) is 26.8 Å². The zero-order chi connectivity index (χ0) is 14.5. The lowest BCUT2D eigenvalue weighted by Gasteiger charge is -2.21. The summed E-state index contributed by atoms with van der Waals surface area (Å²) in [7, 11) is 0. The third-order valence-electron chi connectivity index (χ3n) is 2.87. The summed E-state index contributed by atoms with van der Waals surface area (Å²) >= 11 is 6.08. The van der Waals surface area contributed by atoms with Gasteiger partial charge >= 0.3 is 0 Å². The highest BCUT2D eigenvalue weighted by molar-refractivity contribution is 6.32. The molecule has 1 heterocycles. The van der Waals surface area contributed by atoms with E-state index in [2.05, 4.69) is 5.32 Å². The van der Waals surface area contributed by atoms with Crippen LogP contribution in [0.3, 0.4) is 0 Å². The molecule has 0 saturated heterocycles. The Labute approximate surface area is 121 Å². The van der Waals surface area contributed by atoms with Crippen molar-refractivity contribution in [3.05, 3.63) is 22.7 Å². The van der Waals surface area contributed by atoms with Gasteiger partial charge in [-0.25, -0.2) is 0 Å². The molecule has 0 spiro atoms. The Morgan fingerprint density at radius 1 is 1.45 bits per heavy atom. The van der Waals surface area contributed by atoms with Gasteiger partial charge in [0.2, 0.25) is 5.91 Å². The summed E-state index contributed by atoms with van der Waals surface area (Å²) < 4.78 is 10.8. The summed E-state index contributed by atoms with van der Waals surface area (Å²) in [6, 6.07) is 3.27. The normalized spacial score (nSPS) is 14.8. The molecule has 4 N–H and O–H groups in total. The molecule has 0 saturated carbocycles. The van der Waals surface area contributed by atoms with Crippen LogP contribution < -0.4 is 20.5 Å². The Hall–Kier alpha value is -1.50. The maximum Gasteiger partial charge on any atom is 0.221 e. The lowest BCUT2D eigenvalue weighted by Crippen LogP contribution is -2.29. The number of aliphatic hydroxyl groups excluding tert-OH is 1. The molecule has 7 heteroatoms. The van der Waals surface area contributed by atoms with Crippen molar-refractivity contribution in [3.63, 3.8) is 0 Å². The summed E-state index contributed by atoms with van der Waals surface area (Å²) in [5.74, 6) is 0.794. The molecule has 0 fully saturated rings. The number of benzene rings is 1. The zero-order valence-corrected chi connectivity index (χ0v) is 11.7. The van der Waals surface area contributed by atoms with Gasteiger partial charge in [0.25, 0.3) is 0 Å². The fourth-order valence-electron chi connectivity index (χ4n) is 1.87. The van der Waals surface area contributed by atoms with Gasteiger partial charge in [-0.15, -0.1) is 0 Å². The summed E-state index contributed by atoms with van der Waals surface area (Å²) in [6.07, 6.45) is -0.640. The Bertz CT molecular complexity index is 496. The highest BCUT2D eigenvalue weighted by Crippen LogP contribution is 2.39. The van der Waals surface area contributed by atoms with Crippen LogP contribution in [-0.4, -0.2) is 37.3 Å². The smallest absolute Gasteiger partial charge is 0.221 e. The standard InChI is InChI=1S/C13H17ClN2O4/c14-9-5-8(6-11-13(9)20-4-3-19-11)10(17)7-16-12(18)1-2-15/h5-6,10,17H,1-4,7,15H2,(H,16,18). The first-order chi connectivity index (χ1) is 9.61. The van der Waals surface area contributed by atoms with Gasteiger partial charge in [0, 0.05) is 19.5 Å². The third-order valence-corrected chi connectivity index (χ3v) is 3.15. The third kappa shape index (κ3) is 3.53. The number of rotatable bonds is 5. The number of carbonyl (C=O) groups is 1. The molecule has 1 atom stereocenters. The number of hydrogen-bond donors (Lipinski definition) is 3. The fourth-order valence-corrected chi connectivity index (χ4v) is 2.14. The molecule has 2 rings (SSSR count). The van der Waals surface area contributed by atoms with Crippen LogP contribution in [0.4, 0.5) is 0 Å². The number of nitrogens with one attached hydrogen (secondary N) is 1. The van der Waals surface area contributed by atoms with E-state index in [-0.39, 0.29) is 25.4 Å². The maximum absolute atomic E-state index is 11.3. The number of aliphatic hydroxyl groups is 1. The van der Waals surface area contributed by atoms with Crippen molar-refractivity contribution in [3.8, 4) is 11.5 Å². The van der Waals surface area contributed by atoms with E-state index in [1.165, 1.54) is 0 Å². The number of fused-ring (bicyclic) bond motifs is 1. The quantitative estimate of drug-likeness (QED) is 0.741. The predicted octanol–water partition coefficient (Wildman–Crippen LogP) is 0.610. The number of halogens is 1. The topological polar surface area (TPSA) is 93.8 Å². The van der Waals surface area contributed by atoms with E-state index in [9.17, 15) is 9.90 Å². The monoisotopic (exact) mass is 300 g/mol. The second-order valence-corrected chi connectivity index (χ2v) is 4.79. The van der Waals surface area contributed by atoms with Crippen LogP contribution in [0.1, 0.15) is 18.1 Å². The fraction of sp³-hybridized carbons (Fsp3) is 0.462. The molecule has 1 aliphatic heterocycles. The Kier molecular flexibility index (Phi) is 5.05. The molecule has 20 heavy (non-hydrogen) atoms. The van der Waals surface area contributed by atoms with E-state index >= 15 is 0 Å². The molecule has 0 aliphatic carbocycles. The summed E-state index contributed by atoms with van der Waals surface area (Å²) in [5, 5.41) is 13.0. The van der Waals surface area contributed by atoms with Gasteiger partial charge in [0.1, 0.15) is 13.2 Å². The minimum atomic E-state index is -0.870. The van der Waals surface area contributed by atoms with E-state index in [1.807, 2.05) is 0 Å². The van der Waals surface area contributed by atoms with Gasteiger partial charge in [-0.3, -0.25) is 4.79 Å². The molecular formula is C13H17ClN2O4. The molecule has 110 valence electrons. The van der Waals surface area contributed by atoms with Crippen LogP contribution in [0, 0.1) is 0 Å². The molecule has 1 aromatic carbocycles. The van der Waals surface area contributed by atoms with Crippen LogP contribution >= 0.6 is 11.6 Å². The van der Waals surface area contributed by atoms with Crippen molar-refractivity contribution >= 4 is 17.5 Å². The average Bonchev–Trinajstić information content (AvgIpc) is 2.45. The maximum atomic E-state index is 11.3. The average molecular weight is 301 g/mol. The molecular weight excluding hydrogens is 284 g/mol. The van der Waals surface area contributed by atoms with E-state index in [0.717, 1.165) is 0 Å². The van der Waals surface area contributed by atoms with Crippen molar-refractivity contribution in [2.45, 2.75) is 12.5 Å². The molecule has 0 aromatic heterocycles. The summed E-state index contributed by atoms with van der Waals surface area (Å²) in [4.78, 5) is 11.3. The number of hydrogen-bond acceptors (Lipinski definition) is 5. The van der Waals surface area contributed by atoms with Crippen LogP contribution in [0.15, 0.2) is 12.1 Å². The number of nitrogens with two attached hydrogens (primary N) is 1. The number of amides is 1. The van der Waals surface area contributed by atoms with Crippen molar-refractivity contribution in [1.29, 1.82) is 0 Å². The first-order valence-electron chi connectivity index (χ1n) is 6.35. The predicted molar refractivity (Wildman–Crippen MR) is 74.1 cm³/mol. The van der Waals surface area contributed by atoms with Crippen molar-refractivity contribution in [2.75, 3.05) is 26.3 Å². The van der Waals surface area contributed by atoms with Gasteiger partial charge in [0.05, 0.1) is 11.1 Å². The molecule has 1 aliphatic rings. The van der Waals surface area contributed by atoms with Crippen LogP contribution in [0.25, 0.3) is 0 Å². The van der Waals surface area contributed by atoms with Gasteiger partial charge in [-0.05, 0) is 17.7 Å². The van der Waals surface area contributed by atoms with Crippen LogP contribution in [-0.2, 0) is 4.79 Å². The van der Waals surface area contributed by atoms with Crippen molar-refractivity contribution in [2.24, 2.45) is 5.73 Å². The van der Waals surface area contributed by atoms with Crippen molar-refractivity contribution in [1.82, 2.24) is 5.32 Å². The van der Waals surface area contributed by atoms with Crippen LogP contribution in [0.5, 0.6) is 11.5 Å². The number of ether oxygens (including phenoxy) is 2. The van der Waals surface area contributed by atoms with Crippen molar-refractivity contribution < 1.29 is 19.4 Å². The minimum Gasteiger partial charge on any atom is -0.486 e. The van der Waals surface area contributed by atoms with E-state index < -0.39 is 6.10 Å². The van der Waals surface area contributed by atoms with Gasteiger partial charge in [-0.1, -0.05) is 11.6 Å². The van der Waals surface area contributed by atoms with E-state index in [1.54, 1.807) is 12.1 Å². The van der Waals surface area contributed by atoms with Gasteiger partial charge < -0.3 is 25.6 Å². The zero-order valence-electron chi connectivity index (χ0n) is 10.9. The second kappa shape index (κ2) is 6.78. The first kappa shape index (κ1) is 14.9. The van der Waals surface area contributed by atoms with Gasteiger partial charge in [-0.2, -0.15) is 0 Å². The Balaban J connectivity index is 2.04. The van der Waals surface area contributed by atoms with Crippen LogP contribution in [0.2, 0.25) is 5.02 Å². The van der Waals surface area contributed by atoms with E-state index in [0.29, 0.717) is 35.3 Å². The Morgan fingerprint density at radius 3 is 2.95 bits per heavy atom. The highest BCUT2D eigenvalue weighted by Gasteiger charge is 2.19. The highest BCUT2D eigenvalue weighted by atomic mass is 35.5. The SMILES string of the molecule is NCCC(=O)NCC(O)c1cc(Cl)c2c(c1)OCCO2. The molecule has 1 aromatic rings. The lowest BCUT2D eigenvalue weighted by molar-refractivity contribution is -0.121. The van der Waals surface area contributed by atoms with Gasteiger partial charge in [0.15, 0.2) is 11.5 Å². The molecule has 0 bridgehead atoms. The lowest BCUT2D eigenvalue weighted by atomic mass is 10.1. The number of carbonyl (C=O) groups excluding carboxylic acids is 1. The second-order valence-electron chi connectivity index (χ2n) is 4.39. The summed E-state index contributed by atoms with van der Waals surface area (Å²) in [6.45, 7) is 1.26. The molecule has 0 radical (unpaired) electrons. The molecule has 1 unspecified atom stereocenters. The largest absolute Gasteiger partial charge is 0.486 e. The molecule has 6 nitrogen and oxygen atoms in total. The molecule has 1 amide bonds. The minimum absolute atomic E-state index is 0.0921. The Morgan fingerprint density at radius 2 is 2.20 bits per heavy atom. The summed E-state index contributed by atoms with van der Waals surface area (Å²) in [5.41, 5.74) is 5.83. The first-order valence-corrected chi connectivity index (χ1v) is 6.73.